The van der Waals surface area contributed by atoms with Crippen LogP contribution in [0.25, 0.3) is 0 Å². The van der Waals surface area contributed by atoms with E-state index in [1.54, 1.807) is 0 Å². The van der Waals surface area contributed by atoms with Gasteiger partial charge in [0.25, 0.3) is 0 Å². The third-order valence-electron chi connectivity index (χ3n) is 4.33. The summed E-state index contributed by atoms with van der Waals surface area (Å²) in [7, 11) is 0. The first-order valence-electron chi connectivity index (χ1n) is 6.96. The normalized spacial score (nSPS) is 30.2. The van der Waals surface area contributed by atoms with Crippen LogP contribution in [0, 0.1) is 23.2 Å². The minimum atomic E-state index is 0.388. The SMILES string of the molecule is CC(C)C(Cl)C1CCCC(C(C)(C)C)CC1. The van der Waals surface area contributed by atoms with Gasteiger partial charge in [-0.3, -0.25) is 0 Å². The monoisotopic (exact) mass is 244 g/mol. The first-order valence-corrected chi connectivity index (χ1v) is 7.40. The van der Waals surface area contributed by atoms with Gasteiger partial charge in [-0.1, -0.05) is 41.0 Å². The Morgan fingerprint density at radius 1 is 1.00 bits per heavy atom. The van der Waals surface area contributed by atoms with Crippen LogP contribution >= 0.6 is 11.6 Å². The molecule has 3 atom stereocenters. The lowest BCUT2D eigenvalue weighted by Crippen LogP contribution is -2.22. The minimum Gasteiger partial charge on any atom is -0.122 e. The van der Waals surface area contributed by atoms with E-state index in [1.807, 2.05) is 0 Å². The molecule has 0 nitrogen and oxygen atoms in total. The van der Waals surface area contributed by atoms with Crippen LogP contribution in [-0.4, -0.2) is 5.38 Å². The summed E-state index contributed by atoms with van der Waals surface area (Å²) in [5.41, 5.74) is 0.481. The molecule has 0 heterocycles. The van der Waals surface area contributed by atoms with Crippen molar-refractivity contribution in [3.8, 4) is 0 Å². The summed E-state index contributed by atoms with van der Waals surface area (Å²) in [4.78, 5) is 0. The van der Waals surface area contributed by atoms with Crippen molar-refractivity contribution in [2.75, 3.05) is 0 Å². The molecule has 0 radical (unpaired) electrons. The Kier molecular flexibility index (Phi) is 5.16. The summed E-state index contributed by atoms with van der Waals surface area (Å²) in [6.07, 6.45) is 6.85. The Morgan fingerprint density at radius 2 is 1.62 bits per heavy atom. The smallest absolute Gasteiger partial charge is 0.0387 e. The van der Waals surface area contributed by atoms with Crippen LogP contribution in [0.15, 0.2) is 0 Å². The molecule has 1 heteroatoms. The van der Waals surface area contributed by atoms with Gasteiger partial charge in [0.1, 0.15) is 0 Å². The molecule has 0 bridgehead atoms. The quantitative estimate of drug-likeness (QED) is 0.445. The van der Waals surface area contributed by atoms with Crippen LogP contribution in [-0.2, 0) is 0 Å². The lowest BCUT2D eigenvalue weighted by molar-refractivity contribution is 0.211. The molecule has 1 aliphatic carbocycles. The van der Waals surface area contributed by atoms with Gasteiger partial charge in [-0.05, 0) is 48.9 Å². The van der Waals surface area contributed by atoms with Crippen molar-refractivity contribution in [1.82, 2.24) is 0 Å². The van der Waals surface area contributed by atoms with E-state index in [9.17, 15) is 0 Å². The fraction of sp³-hybridized carbons (Fsp3) is 1.00. The maximum atomic E-state index is 6.53. The lowest BCUT2D eigenvalue weighted by Gasteiger charge is -2.30. The fourth-order valence-corrected chi connectivity index (χ4v) is 3.31. The van der Waals surface area contributed by atoms with Crippen molar-refractivity contribution in [3.63, 3.8) is 0 Å². The number of rotatable bonds is 2. The molecule has 0 saturated heterocycles. The Balaban J connectivity index is 2.53. The van der Waals surface area contributed by atoms with E-state index in [0.717, 1.165) is 11.8 Å². The van der Waals surface area contributed by atoms with Gasteiger partial charge in [-0.15, -0.1) is 11.6 Å². The molecule has 0 amide bonds. The second kappa shape index (κ2) is 5.76. The maximum Gasteiger partial charge on any atom is 0.0387 e. The van der Waals surface area contributed by atoms with Crippen molar-refractivity contribution >= 4 is 11.6 Å². The second-order valence-corrected chi connectivity index (χ2v) is 7.52. The van der Waals surface area contributed by atoms with Gasteiger partial charge in [0, 0.05) is 5.38 Å². The van der Waals surface area contributed by atoms with Crippen LogP contribution in [0.1, 0.15) is 66.7 Å². The average Bonchev–Trinajstić information content (AvgIpc) is 2.40. The molecule has 3 unspecified atom stereocenters. The number of hydrogen-bond donors (Lipinski definition) is 0. The van der Waals surface area contributed by atoms with E-state index in [2.05, 4.69) is 34.6 Å². The van der Waals surface area contributed by atoms with Gasteiger partial charge in [-0.2, -0.15) is 0 Å². The van der Waals surface area contributed by atoms with Crippen molar-refractivity contribution in [2.45, 2.75) is 72.1 Å². The van der Waals surface area contributed by atoms with Gasteiger partial charge in [0.05, 0.1) is 0 Å². The summed E-state index contributed by atoms with van der Waals surface area (Å²) in [5.74, 6) is 2.28. The molecule has 0 aliphatic heterocycles. The molecule has 0 aromatic carbocycles. The highest BCUT2D eigenvalue weighted by atomic mass is 35.5. The molecule has 0 N–H and O–H groups in total. The number of alkyl halides is 1. The third kappa shape index (κ3) is 3.95. The predicted molar refractivity (Wildman–Crippen MR) is 74.0 cm³/mol. The molecular formula is C15H29Cl. The van der Waals surface area contributed by atoms with Crippen LogP contribution in [0.3, 0.4) is 0 Å². The average molecular weight is 245 g/mol. The summed E-state index contributed by atoms with van der Waals surface area (Å²) in [6, 6.07) is 0. The summed E-state index contributed by atoms with van der Waals surface area (Å²) in [5, 5.41) is 0.388. The van der Waals surface area contributed by atoms with Crippen molar-refractivity contribution in [3.05, 3.63) is 0 Å². The van der Waals surface area contributed by atoms with Gasteiger partial charge >= 0.3 is 0 Å². The van der Waals surface area contributed by atoms with Gasteiger partial charge in [-0.25, -0.2) is 0 Å². The fourth-order valence-electron chi connectivity index (χ4n) is 3.06. The molecule has 1 rings (SSSR count). The first kappa shape index (κ1) is 14.4. The molecule has 96 valence electrons. The van der Waals surface area contributed by atoms with Crippen molar-refractivity contribution in [1.29, 1.82) is 0 Å². The zero-order valence-electron chi connectivity index (χ0n) is 11.7. The topological polar surface area (TPSA) is 0 Å². The second-order valence-electron chi connectivity index (χ2n) is 7.02. The van der Waals surface area contributed by atoms with Gasteiger partial charge in [0.2, 0.25) is 0 Å². The molecule has 1 aliphatic rings. The zero-order chi connectivity index (χ0) is 12.3. The third-order valence-corrected chi connectivity index (χ3v) is 5.19. The van der Waals surface area contributed by atoms with Gasteiger partial charge in [0.15, 0.2) is 0 Å². The van der Waals surface area contributed by atoms with Crippen LogP contribution in [0.5, 0.6) is 0 Å². The Morgan fingerprint density at radius 3 is 2.12 bits per heavy atom. The van der Waals surface area contributed by atoms with E-state index >= 15 is 0 Å². The molecular weight excluding hydrogens is 216 g/mol. The highest BCUT2D eigenvalue weighted by molar-refractivity contribution is 6.20. The predicted octanol–water partition coefficient (Wildman–Crippen LogP) is 5.49. The van der Waals surface area contributed by atoms with E-state index in [1.165, 1.54) is 32.1 Å². The first-order chi connectivity index (χ1) is 7.32. The Bertz CT molecular complexity index is 202. The molecule has 16 heavy (non-hydrogen) atoms. The Hall–Kier alpha value is 0.290. The van der Waals surface area contributed by atoms with E-state index in [4.69, 9.17) is 11.6 Å². The summed E-state index contributed by atoms with van der Waals surface area (Å²) >= 11 is 6.53. The molecule has 0 aromatic heterocycles. The van der Waals surface area contributed by atoms with Gasteiger partial charge < -0.3 is 0 Å². The standard InChI is InChI=1S/C15H29Cl/c1-11(2)14(16)12-7-6-8-13(10-9-12)15(3,4)5/h11-14H,6-10H2,1-5H3. The number of halogens is 1. The van der Waals surface area contributed by atoms with E-state index in [0.29, 0.717) is 16.7 Å². The molecule has 0 spiro atoms. The highest BCUT2D eigenvalue weighted by Crippen LogP contribution is 2.40. The molecule has 1 saturated carbocycles. The van der Waals surface area contributed by atoms with Crippen LogP contribution in [0.4, 0.5) is 0 Å². The van der Waals surface area contributed by atoms with E-state index < -0.39 is 0 Å². The van der Waals surface area contributed by atoms with E-state index in [-0.39, 0.29) is 0 Å². The lowest BCUT2D eigenvalue weighted by atomic mass is 9.76. The molecule has 1 fully saturated rings. The van der Waals surface area contributed by atoms with Crippen LogP contribution in [0.2, 0.25) is 0 Å². The minimum absolute atomic E-state index is 0.388. The summed E-state index contributed by atoms with van der Waals surface area (Å²) < 4.78 is 0. The largest absolute Gasteiger partial charge is 0.122 e. The summed E-state index contributed by atoms with van der Waals surface area (Å²) in [6.45, 7) is 11.7. The van der Waals surface area contributed by atoms with Crippen LogP contribution < -0.4 is 0 Å². The molecule has 0 aromatic rings. The highest BCUT2D eigenvalue weighted by Gasteiger charge is 2.30. The number of hydrogen-bond acceptors (Lipinski definition) is 0. The van der Waals surface area contributed by atoms with Crippen molar-refractivity contribution < 1.29 is 0 Å². The Labute approximate surface area is 107 Å². The van der Waals surface area contributed by atoms with Crippen molar-refractivity contribution in [2.24, 2.45) is 23.2 Å². The maximum absolute atomic E-state index is 6.53. The zero-order valence-corrected chi connectivity index (χ0v) is 12.5.